The zero-order valence-electron chi connectivity index (χ0n) is 15.6. The first-order valence-electron chi connectivity index (χ1n) is 8.78. The quantitative estimate of drug-likeness (QED) is 0.837. The molecule has 1 aromatic heterocycles. The molecule has 1 aromatic carbocycles. The minimum Gasteiger partial charge on any atom is -0.389 e. The number of aromatic nitrogens is 2. The van der Waals surface area contributed by atoms with E-state index in [-0.39, 0.29) is 19.4 Å². The highest BCUT2D eigenvalue weighted by Gasteiger charge is 2.31. The Labute approximate surface area is 165 Å². The summed E-state index contributed by atoms with van der Waals surface area (Å²) in [6.07, 6.45) is 2.62. The van der Waals surface area contributed by atoms with Crippen LogP contribution in [0.15, 0.2) is 42.5 Å². The Morgan fingerprint density at radius 1 is 1.15 bits per heavy atom. The normalized spacial score (nSPS) is 24.6. The van der Waals surface area contributed by atoms with E-state index in [0.29, 0.717) is 5.92 Å². The molecule has 0 aliphatic heterocycles. The van der Waals surface area contributed by atoms with Gasteiger partial charge < -0.3 is 5.11 Å². The van der Waals surface area contributed by atoms with E-state index in [1.807, 2.05) is 19.1 Å². The molecule has 1 unspecified atom stereocenters. The number of aryl methyl sites for hydroxylation is 2. The van der Waals surface area contributed by atoms with Gasteiger partial charge in [0.05, 0.1) is 17.8 Å². The molecule has 27 heavy (non-hydrogen) atoms. The number of rotatable bonds is 2. The van der Waals surface area contributed by atoms with Crippen LogP contribution in [0.3, 0.4) is 0 Å². The van der Waals surface area contributed by atoms with E-state index in [2.05, 4.69) is 55.8 Å². The molecule has 148 valence electrons. The van der Waals surface area contributed by atoms with Crippen LogP contribution in [0.2, 0.25) is 0 Å². The van der Waals surface area contributed by atoms with Crippen LogP contribution in [0.5, 0.6) is 0 Å². The van der Waals surface area contributed by atoms with Gasteiger partial charge in [0.25, 0.3) is 0 Å². The summed E-state index contributed by atoms with van der Waals surface area (Å²) in [4.78, 5) is 0. The molecular weight excluding hydrogens is 360 g/mol. The molecule has 0 amide bonds. The topological polar surface area (TPSA) is 72.2 Å². The highest BCUT2D eigenvalue weighted by Crippen LogP contribution is 2.40. The van der Waals surface area contributed by atoms with Gasteiger partial charge >= 0.3 is 11.6 Å². The Morgan fingerprint density at radius 3 is 2.26 bits per heavy atom. The summed E-state index contributed by atoms with van der Waals surface area (Å²) in [6.45, 7) is 8.51. The predicted octanol–water partition coefficient (Wildman–Crippen LogP) is 4.13. The molecule has 3 rings (SSSR count). The number of allylic oxidation sites excluding steroid dienone is 1. The van der Waals surface area contributed by atoms with Crippen LogP contribution in [0.4, 0.5) is 0 Å². The van der Waals surface area contributed by atoms with Gasteiger partial charge in [-0.2, -0.15) is 13.5 Å². The molecule has 1 aliphatic carbocycles. The van der Waals surface area contributed by atoms with E-state index in [1.165, 1.54) is 16.8 Å². The fourth-order valence-electron chi connectivity index (χ4n) is 3.59. The maximum Gasteiger partial charge on any atom is 0.335 e. The van der Waals surface area contributed by atoms with Gasteiger partial charge in [-0.1, -0.05) is 51.6 Å². The van der Waals surface area contributed by atoms with Crippen LogP contribution >= 0.6 is 0 Å². The van der Waals surface area contributed by atoms with Gasteiger partial charge in [-0.05, 0) is 55.4 Å². The summed E-state index contributed by atoms with van der Waals surface area (Å²) in [7, 11) is 0. The van der Waals surface area contributed by atoms with Gasteiger partial charge in [0, 0.05) is 5.69 Å². The van der Waals surface area contributed by atoms with Crippen LogP contribution in [0.1, 0.15) is 50.7 Å². The fraction of sp³-hybridized carbons (Fsp3) is 0.476. The average Bonchev–Trinajstić information content (AvgIpc) is 2.91. The maximum absolute atomic E-state index is 10.6. The molecule has 2 aromatic rings. The predicted molar refractivity (Wildman–Crippen MR) is 110 cm³/mol. The third-order valence-electron chi connectivity index (χ3n) is 5.19. The summed E-state index contributed by atoms with van der Waals surface area (Å²) >= 11 is -0.750. The molecule has 6 heteroatoms. The Bertz CT molecular complexity index is 795. The summed E-state index contributed by atoms with van der Waals surface area (Å²) in [5, 5.41) is 15.3. The zero-order chi connectivity index (χ0) is 19.3. The highest BCUT2D eigenvalue weighted by atomic mass is 32.1. The van der Waals surface area contributed by atoms with E-state index in [0.717, 1.165) is 12.1 Å². The molecule has 5 nitrogen and oxygen atoms in total. The van der Waals surface area contributed by atoms with Crippen molar-refractivity contribution < 1.29 is 13.5 Å². The summed E-state index contributed by atoms with van der Waals surface area (Å²) in [5.41, 5.74) is 4.57. The van der Waals surface area contributed by atoms with Crippen molar-refractivity contribution in [2.75, 3.05) is 0 Å². The summed E-state index contributed by atoms with van der Waals surface area (Å²) in [6, 6.07) is 12.7. The Hall–Kier alpha value is -2.05. The third-order valence-corrected chi connectivity index (χ3v) is 5.19. The van der Waals surface area contributed by atoms with Crippen molar-refractivity contribution in [3.8, 4) is 0 Å². The van der Waals surface area contributed by atoms with Gasteiger partial charge in [0.2, 0.25) is 0 Å². The second kappa shape index (κ2) is 10.3. The minimum absolute atomic E-state index is 0. The first-order valence-corrected chi connectivity index (χ1v) is 9.45. The van der Waals surface area contributed by atoms with Gasteiger partial charge in [0.1, 0.15) is 0 Å². The molecular formula is C21H30N2O3S. The molecule has 0 saturated heterocycles. The van der Waals surface area contributed by atoms with Gasteiger partial charge in [0.15, 0.2) is 0 Å². The van der Waals surface area contributed by atoms with E-state index in [4.69, 9.17) is 13.5 Å². The lowest BCUT2D eigenvalue weighted by Gasteiger charge is -2.25. The maximum atomic E-state index is 10.6. The standard InChI is InChI=1S/C20H26N2O.CH4.O2S/c1-13-10-19(22-15(3)11-14(2)21-22)18(12-20(23)16(13)4)17-8-6-5-7-9-17;;1-3-2/h5-9,11-13,16,19-20,23H,10H2,1-4H3;1H4;/t13-,16+,19?,20-;;/m0../s1. The fourth-order valence-corrected chi connectivity index (χ4v) is 3.59. The Balaban J connectivity index is 0.000000855. The SMILES string of the molecule is C.Cc1cc(C)n(C2C[C@H](C)[C@@H](C)[C@@H](O)C=C2c2ccccc2)n1.O=S=O. The lowest BCUT2D eigenvalue weighted by Crippen LogP contribution is -2.21. The summed E-state index contributed by atoms with van der Waals surface area (Å²) in [5.74, 6) is 0.673. The lowest BCUT2D eigenvalue weighted by molar-refractivity contribution is 0.126. The van der Waals surface area contributed by atoms with E-state index in [1.54, 1.807) is 0 Å². The first kappa shape index (κ1) is 23.0. The number of aliphatic hydroxyl groups is 1. The molecule has 1 heterocycles. The van der Waals surface area contributed by atoms with Gasteiger partial charge in [-0.15, -0.1) is 0 Å². The second-order valence-electron chi connectivity index (χ2n) is 7.01. The van der Waals surface area contributed by atoms with Crippen molar-refractivity contribution in [3.05, 3.63) is 59.4 Å². The molecule has 4 atom stereocenters. The number of nitrogens with zero attached hydrogens (tertiary/aromatic N) is 2. The Morgan fingerprint density at radius 2 is 1.74 bits per heavy atom. The van der Waals surface area contributed by atoms with Crippen molar-refractivity contribution in [2.45, 2.75) is 53.7 Å². The van der Waals surface area contributed by atoms with Crippen molar-refractivity contribution in [1.29, 1.82) is 0 Å². The van der Waals surface area contributed by atoms with E-state index in [9.17, 15) is 5.11 Å². The van der Waals surface area contributed by atoms with E-state index >= 15 is 0 Å². The second-order valence-corrected chi connectivity index (χ2v) is 7.14. The van der Waals surface area contributed by atoms with E-state index < -0.39 is 17.7 Å². The molecule has 0 bridgehead atoms. The zero-order valence-corrected chi connectivity index (χ0v) is 16.4. The van der Waals surface area contributed by atoms with Gasteiger partial charge in [-0.25, -0.2) is 0 Å². The number of aliphatic hydroxyl groups excluding tert-OH is 1. The molecule has 0 fully saturated rings. The van der Waals surface area contributed by atoms with Crippen molar-refractivity contribution >= 4 is 17.1 Å². The lowest BCUT2D eigenvalue weighted by atomic mass is 9.88. The average molecular weight is 391 g/mol. The molecule has 1 aliphatic rings. The minimum atomic E-state index is -0.750. The smallest absolute Gasteiger partial charge is 0.335 e. The largest absolute Gasteiger partial charge is 0.389 e. The van der Waals surface area contributed by atoms with Crippen LogP contribution < -0.4 is 0 Å². The number of hydrogen-bond donors (Lipinski definition) is 1. The molecule has 0 radical (unpaired) electrons. The number of hydrogen-bond acceptors (Lipinski definition) is 4. The Kier molecular flexibility index (Phi) is 8.79. The monoisotopic (exact) mass is 390 g/mol. The van der Waals surface area contributed by atoms with Crippen LogP contribution in [-0.4, -0.2) is 29.4 Å². The summed E-state index contributed by atoms with van der Waals surface area (Å²) < 4.78 is 18.7. The third kappa shape index (κ3) is 5.47. The number of benzene rings is 1. The van der Waals surface area contributed by atoms with Crippen LogP contribution in [-0.2, 0) is 11.6 Å². The molecule has 0 saturated carbocycles. The van der Waals surface area contributed by atoms with Crippen molar-refractivity contribution in [2.24, 2.45) is 11.8 Å². The van der Waals surface area contributed by atoms with Crippen molar-refractivity contribution in [3.63, 3.8) is 0 Å². The first-order chi connectivity index (χ1) is 12.4. The van der Waals surface area contributed by atoms with Crippen LogP contribution in [0.25, 0.3) is 5.57 Å². The van der Waals surface area contributed by atoms with Crippen LogP contribution in [0, 0.1) is 25.7 Å². The molecule has 1 N–H and O–H groups in total. The highest BCUT2D eigenvalue weighted by molar-refractivity contribution is 7.51. The van der Waals surface area contributed by atoms with Gasteiger partial charge in [-0.3, -0.25) is 4.68 Å². The van der Waals surface area contributed by atoms with Crippen molar-refractivity contribution in [1.82, 2.24) is 9.78 Å². The molecule has 0 spiro atoms.